The molecule has 1 amide bonds. The number of carbonyl (C=O) groups excluding carboxylic acids is 1. The number of halogens is 3. The van der Waals surface area contributed by atoms with Crippen molar-refractivity contribution in [3.8, 4) is 5.88 Å². The molecule has 25 heavy (non-hydrogen) atoms. The van der Waals surface area contributed by atoms with E-state index in [0.717, 1.165) is 10.7 Å². The van der Waals surface area contributed by atoms with Gasteiger partial charge in [-0.15, -0.1) is 0 Å². The number of hydrogen-bond acceptors (Lipinski definition) is 6. The van der Waals surface area contributed by atoms with Gasteiger partial charge in [-0.1, -0.05) is 0 Å². The number of alkyl carbamates (subject to hydrolysis) is 1. The molecule has 0 saturated carbocycles. The zero-order chi connectivity index (χ0) is 19.5. The highest BCUT2D eigenvalue weighted by Gasteiger charge is 2.49. The molecule has 0 aliphatic heterocycles. The Morgan fingerprint density at radius 2 is 1.92 bits per heavy atom. The average Bonchev–Trinajstić information content (AvgIpc) is 2.71. The van der Waals surface area contributed by atoms with Crippen molar-refractivity contribution >= 4 is 16.2 Å². The summed E-state index contributed by atoms with van der Waals surface area (Å²) in [6, 6.07) is 1.09. The molecule has 1 heterocycles. The largest absolute Gasteiger partial charge is 0.534 e. The highest BCUT2D eigenvalue weighted by atomic mass is 32.2. The van der Waals surface area contributed by atoms with Crippen LogP contribution in [0.3, 0.4) is 0 Å². The van der Waals surface area contributed by atoms with Crippen LogP contribution in [-0.4, -0.2) is 41.9 Å². The molecule has 0 saturated heterocycles. The maximum atomic E-state index is 12.3. The molecular formula is C13H20F3N3O5S. The van der Waals surface area contributed by atoms with Crippen LogP contribution in [0, 0.1) is 0 Å². The lowest BCUT2D eigenvalue weighted by molar-refractivity contribution is -0.0502. The Labute approximate surface area is 143 Å². The number of nitrogens with zero attached hydrogens (tertiary/aromatic N) is 2. The number of alkyl halides is 3. The van der Waals surface area contributed by atoms with Crippen molar-refractivity contribution in [1.29, 1.82) is 0 Å². The van der Waals surface area contributed by atoms with E-state index in [4.69, 9.17) is 4.74 Å². The fourth-order valence-electron chi connectivity index (χ4n) is 1.64. The third-order valence-corrected chi connectivity index (χ3v) is 3.60. The van der Waals surface area contributed by atoms with Crippen molar-refractivity contribution in [2.45, 2.75) is 44.7 Å². The Morgan fingerprint density at radius 3 is 2.44 bits per heavy atom. The highest BCUT2D eigenvalue weighted by Crippen LogP contribution is 2.27. The summed E-state index contributed by atoms with van der Waals surface area (Å²) in [5, 5.41) is 6.39. The van der Waals surface area contributed by atoms with Gasteiger partial charge in [0.05, 0.1) is 5.69 Å². The van der Waals surface area contributed by atoms with E-state index in [1.807, 2.05) is 0 Å². The van der Waals surface area contributed by atoms with Gasteiger partial charge in [-0.3, -0.25) is 0 Å². The van der Waals surface area contributed by atoms with E-state index in [9.17, 15) is 26.4 Å². The standard InChI is InChI=1S/C13H20F3N3O5S/c1-12(2,3)23-11(20)17-7-5-6-9-8-10(19(4)18-9)24-25(21,22)13(14,15)16/h8H,5-7H2,1-4H3,(H,17,20). The predicted octanol–water partition coefficient (Wildman–Crippen LogP) is 2.11. The van der Waals surface area contributed by atoms with Gasteiger partial charge in [0, 0.05) is 19.7 Å². The van der Waals surface area contributed by atoms with Gasteiger partial charge in [-0.05, 0) is 33.6 Å². The average molecular weight is 387 g/mol. The molecule has 1 aromatic rings. The monoisotopic (exact) mass is 387 g/mol. The maximum absolute atomic E-state index is 12.3. The Hall–Kier alpha value is -1.98. The van der Waals surface area contributed by atoms with Crippen LogP contribution in [0.1, 0.15) is 32.9 Å². The van der Waals surface area contributed by atoms with Crippen molar-refractivity contribution in [3.63, 3.8) is 0 Å². The lowest BCUT2D eigenvalue weighted by Crippen LogP contribution is -2.33. The van der Waals surface area contributed by atoms with Crippen LogP contribution in [0.2, 0.25) is 0 Å². The molecule has 0 radical (unpaired) electrons. The number of amides is 1. The molecule has 1 N–H and O–H groups in total. The zero-order valence-corrected chi connectivity index (χ0v) is 15.0. The first kappa shape index (κ1) is 21.1. The molecule has 0 aliphatic rings. The summed E-state index contributed by atoms with van der Waals surface area (Å²) in [7, 11) is -4.49. The van der Waals surface area contributed by atoms with E-state index in [1.54, 1.807) is 20.8 Å². The minimum absolute atomic E-state index is 0.253. The van der Waals surface area contributed by atoms with E-state index in [1.165, 1.54) is 7.05 Å². The fourth-order valence-corrected chi connectivity index (χ4v) is 2.12. The topological polar surface area (TPSA) is 99.5 Å². The molecule has 144 valence electrons. The normalized spacial score (nSPS) is 12.8. The molecular weight excluding hydrogens is 367 g/mol. The minimum Gasteiger partial charge on any atom is -0.444 e. The third-order valence-electron chi connectivity index (χ3n) is 2.64. The van der Waals surface area contributed by atoms with Crippen LogP contribution in [0.5, 0.6) is 5.88 Å². The van der Waals surface area contributed by atoms with Crippen LogP contribution in [0.4, 0.5) is 18.0 Å². The summed E-state index contributed by atoms with van der Waals surface area (Å²) in [4.78, 5) is 11.4. The van der Waals surface area contributed by atoms with Crippen molar-refractivity contribution in [1.82, 2.24) is 15.1 Å². The van der Waals surface area contributed by atoms with Gasteiger partial charge in [-0.25, -0.2) is 9.48 Å². The number of aromatic nitrogens is 2. The van der Waals surface area contributed by atoms with E-state index >= 15 is 0 Å². The van der Waals surface area contributed by atoms with E-state index in [2.05, 4.69) is 14.6 Å². The summed E-state index contributed by atoms with van der Waals surface area (Å²) in [5.41, 5.74) is -5.82. The molecule has 0 spiro atoms. The second-order valence-electron chi connectivity index (χ2n) is 6.11. The first-order chi connectivity index (χ1) is 11.2. The molecule has 0 unspecified atom stereocenters. The number of ether oxygens (including phenoxy) is 1. The summed E-state index contributed by atoms with van der Waals surface area (Å²) in [6.07, 6.45) is 0.120. The van der Waals surface area contributed by atoms with Crippen LogP contribution in [0.15, 0.2) is 6.07 Å². The van der Waals surface area contributed by atoms with Crippen molar-refractivity contribution in [2.75, 3.05) is 6.54 Å². The van der Waals surface area contributed by atoms with Gasteiger partial charge in [0.2, 0.25) is 5.88 Å². The van der Waals surface area contributed by atoms with Crippen molar-refractivity contribution in [2.24, 2.45) is 7.05 Å². The van der Waals surface area contributed by atoms with Gasteiger partial charge in [-0.2, -0.15) is 26.7 Å². The van der Waals surface area contributed by atoms with Gasteiger partial charge in [0.1, 0.15) is 5.60 Å². The van der Waals surface area contributed by atoms with Crippen molar-refractivity contribution in [3.05, 3.63) is 11.8 Å². The smallest absolute Gasteiger partial charge is 0.444 e. The second-order valence-corrected chi connectivity index (χ2v) is 7.65. The number of hydrogen-bond donors (Lipinski definition) is 1. The Bertz CT molecular complexity index is 707. The van der Waals surface area contributed by atoms with Gasteiger partial charge in [0.15, 0.2) is 0 Å². The predicted molar refractivity (Wildman–Crippen MR) is 81.4 cm³/mol. The Kier molecular flexibility index (Phi) is 6.32. The van der Waals surface area contributed by atoms with Crippen LogP contribution >= 0.6 is 0 Å². The van der Waals surface area contributed by atoms with Crippen LogP contribution < -0.4 is 9.50 Å². The number of rotatable bonds is 6. The third kappa shape index (κ3) is 6.80. The molecule has 12 heteroatoms. The minimum atomic E-state index is -5.75. The maximum Gasteiger partial charge on any atom is 0.534 e. The fraction of sp³-hybridized carbons (Fsp3) is 0.692. The lowest BCUT2D eigenvalue weighted by atomic mass is 10.2. The zero-order valence-electron chi connectivity index (χ0n) is 14.2. The van der Waals surface area contributed by atoms with Gasteiger partial charge >= 0.3 is 21.7 Å². The molecule has 1 rings (SSSR count). The SMILES string of the molecule is Cn1nc(CCCNC(=O)OC(C)(C)C)cc1OS(=O)(=O)C(F)(F)F. The first-order valence-corrected chi connectivity index (χ1v) is 8.62. The van der Waals surface area contributed by atoms with E-state index in [0.29, 0.717) is 18.5 Å². The summed E-state index contributed by atoms with van der Waals surface area (Å²) in [5.74, 6) is -0.549. The Balaban J connectivity index is 2.54. The van der Waals surface area contributed by atoms with E-state index in [-0.39, 0.29) is 6.54 Å². The Morgan fingerprint density at radius 1 is 1.32 bits per heavy atom. The number of carbonyl (C=O) groups is 1. The quantitative estimate of drug-likeness (QED) is 0.456. The van der Waals surface area contributed by atoms with Gasteiger partial charge < -0.3 is 14.2 Å². The summed E-state index contributed by atoms with van der Waals surface area (Å²) >= 11 is 0. The summed E-state index contributed by atoms with van der Waals surface area (Å²) < 4.78 is 68.8. The number of aryl methyl sites for hydroxylation is 2. The molecule has 1 aromatic heterocycles. The van der Waals surface area contributed by atoms with Crippen LogP contribution in [-0.2, 0) is 28.3 Å². The summed E-state index contributed by atoms with van der Waals surface area (Å²) in [6.45, 7) is 5.41. The number of nitrogens with one attached hydrogen (secondary N) is 1. The highest BCUT2D eigenvalue weighted by molar-refractivity contribution is 7.87. The van der Waals surface area contributed by atoms with Crippen LogP contribution in [0.25, 0.3) is 0 Å². The lowest BCUT2D eigenvalue weighted by Gasteiger charge is -2.19. The molecule has 0 atom stereocenters. The van der Waals surface area contributed by atoms with E-state index < -0.39 is 33.2 Å². The molecule has 0 aromatic carbocycles. The molecule has 8 nitrogen and oxygen atoms in total. The second kappa shape index (κ2) is 7.50. The van der Waals surface area contributed by atoms with Gasteiger partial charge in [0.25, 0.3) is 0 Å². The molecule has 0 bridgehead atoms. The first-order valence-electron chi connectivity index (χ1n) is 7.22. The molecule has 0 fully saturated rings. The van der Waals surface area contributed by atoms with Crippen molar-refractivity contribution < 1.29 is 35.3 Å². The molecule has 0 aliphatic carbocycles.